The summed E-state index contributed by atoms with van der Waals surface area (Å²) in [5.74, 6) is 0.111. The van der Waals surface area contributed by atoms with Gasteiger partial charge in [0, 0.05) is 10.6 Å². The molecule has 0 unspecified atom stereocenters. The third-order valence-electron chi connectivity index (χ3n) is 5.05. The molecule has 2 aromatic carbocycles. The average Bonchev–Trinajstić information content (AvgIpc) is 3.47. The molecule has 3 rings (SSSR count). The number of nitrogens with one attached hydrogen (secondary N) is 2. The molecule has 2 N–H and O–H groups in total. The molecule has 0 bridgehead atoms. The molecule has 2 aromatic rings. The van der Waals surface area contributed by atoms with Crippen LogP contribution in [-0.2, 0) is 10.0 Å². The molecule has 0 radical (unpaired) electrons. The lowest BCUT2D eigenvalue weighted by Crippen LogP contribution is -2.30. The minimum Gasteiger partial charge on any atom is -0.345 e. The number of carbonyl (C=O) groups is 1. The van der Waals surface area contributed by atoms with Gasteiger partial charge in [-0.3, -0.25) is 4.79 Å². The van der Waals surface area contributed by atoms with Crippen LogP contribution in [0.4, 0.5) is 0 Å². The summed E-state index contributed by atoms with van der Waals surface area (Å²) in [5, 5.41) is 3.73. The van der Waals surface area contributed by atoms with Gasteiger partial charge in [0.05, 0.1) is 10.9 Å². The van der Waals surface area contributed by atoms with Crippen molar-refractivity contribution >= 4 is 27.5 Å². The molecule has 1 saturated carbocycles. The van der Waals surface area contributed by atoms with Gasteiger partial charge < -0.3 is 5.32 Å². The maximum absolute atomic E-state index is 12.9. The van der Waals surface area contributed by atoms with Crippen LogP contribution in [0.3, 0.4) is 0 Å². The number of amides is 1. The first-order valence-corrected chi connectivity index (χ1v) is 10.7. The van der Waals surface area contributed by atoms with Crippen LogP contribution < -0.4 is 10.0 Å². The van der Waals surface area contributed by atoms with Crippen molar-refractivity contribution in [3.05, 3.63) is 63.7 Å². The number of rotatable bonds is 6. The van der Waals surface area contributed by atoms with E-state index < -0.39 is 10.0 Å². The van der Waals surface area contributed by atoms with E-state index in [0.29, 0.717) is 22.1 Å². The Morgan fingerprint density at radius 2 is 1.78 bits per heavy atom. The third kappa shape index (κ3) is 4.34. The van der Waals surface area contributed by atoms with Gasteiger partial charge in [-0.15, -0.1) is 0 Å². The summed E-state index contributed by atoms with van der Waals surface area (Å²) in [6.45, 7) is 3.54. The van der Waals surface area contributed by atoms with Gasteiger partial charge in [0.2, 0.25) is 10.0 Å². The van der Waals surface area contributed by atoms with E-state index in [2.05, 4.69) is 10.0 Å². The first kappa shape index (κ1) is 19.9. The molecule has 1 aliphatic carbocycles. The third-order valence-corrected chi connectivity index (χ3v) is 6.84. The maximum Gasteiger partial charge on any atom is 0.251 e. The molecule has 1 atom stereocenters. The van der Waals surface area contributed by atoms with E-state index in [-0.39, 0.29) is 16.8 Å². The highest BCUT2D eigenvalue weighted by Gasteiger charge is 2.34. The van der Waals surface area contributed by atoms with Gasteiger partial charge >= 0.3 is 0 Å². The summed E-state index contributed by atoms with van der Waals surface area (Å²) in [4.78, 5) is 13.0. The van der Waals surface area contributed by atoms with Crippen LogP contribution in [0.1, 0.15) is 45.9 Å². The number of halogens is 1. The standard InChI is InChI=1S/C20H23ClN2O3S/c1-12-10-16(11-18(13(12)2)27(25,26)22-3)20(24)23-19(14-4-5-14)15-6-8-17(21)9-7-15/h6-11,14,19,22H,4-5H2,1-3H3,(H,23,24)/t19-/m0/s1. The minimum atomic E-state index is -3.64. The average molecular weight is 407 g/mol. The number of benzene rings is 2. The summed E-state index contributed by atoms with van der Waals surface area (Å²) in [5.41, 5.74) is 2.73. The number of hydrogen-bond donors (Lipinski definition) is 2. The van der Waals surface area contributed by atoms with E-state index in [1.807, 2.05) is 24.3 Å². The second kappa shape index (κ2) is 7.62. The van der Waals surface area contributed by atoms with E-state index in [9.17, 15) is 13.2 Å². The Bertz CT molecular complexity index is 967. The molecule has 144 valence electrons. The van der Waals surface area contributed by atoms with Crippen molar-refractivity contribution in [1.82, 2.24) is 10.0 Å². The van der Waals surface area contributed by atoms with Gasteiger partial charge in [0.25, 0.3) is 5.91 Å². The van der Waals surface area contributed by atoms with E-state index in [4.69, 9.17) is 11.6 Å². The minimum absolute atomic E-state index is 0.110. The van der Waals surface area contributed by atoms with E-state index in [1.54, 1.807) is 19.9 Å². The monoisotopic (exact) mass is 406 g/mol. The fraction of sp³-hybridized carbons (Fsp3) is 0.350. The number of hydrogen-bond acceptors (Lipinski definition) is 3. The van der Waals surface area contributed by atoms with Crippen molar-refractivity contribution in [2.24, 2.45) is 5.92 Å². The lowest BCUT2D eigenvalue weighted by molar-refractivity contribution is 0.0931. The Hall–Kier alpha value is -1.89. The predicted molar refractivity (Wildman–Crippen MR) is 107 cm³/mol. The van der Waals surface area contributed by atoms with Crippen molar-refractivity contribution in [2.45, 2.75) is 37.6 Å². The van der Waals surface area contributed by atoms with Gasteiger partial charge in [0.1, 0.15) is 0 Å². The summed E-state index contributed by atoms with van der Waals surface area (Å²) in [6, 6.07) is 10.5. The van der Waals surface area contributed by atoms with Crippen LogP contribution in [0, 0.1) is 19.8 Å². The fourth-order valence-corrected chi connectivity index (χ4v) is 4.34. The van der Waals surface area contributed by atoms with E-state index in [1.165, 1.54) is 13.1 Å². The number of aryl methyl sites for hydroxylation is 1. The first-order valence-electron chi connectivity index (χ1n) is 8.84. The molecule has 0 aliphatic heterocycles. The lowest BCUT2D eigenvalue weighted by Gasteiger charge is -2.20. The van der Waals surface area contributed by atoms with Gasteiger partial charge in [-0.2, -0.15) is 0 Å². The van der Waals surface area contributed by atoms with E-state index in [0.717, 1.165) is 24.0 Å². The van der Waals surface area contributed by atoms with Gasteiger partial charge in [-0.25, -0.2) is 13.1 Å². The quantitative estimate of drug-likeness (QED) is 0.767. The Labute approximate surface area is 165 Å². The van der Waals surface area contributed by atoms with Gasteiger partial charge in [-0.05, 0) is 80.6 Å². The maximum atomic E-state index is 12.9. The molecule has 1 aliphatic rings. The number of carbonyl (C=O) groups excluding carboxylic acids is 1. The molecule has 0 spiro atoms. The SMILES string of the molecule is CNS(=O)(=O)c1cc(C(=O)N[C@H](c2ccc(Cl)cc2)C2CC2)cc(C)c1C. The van der Waals surface area contributed by atoms with Crippen molar-refractivity contribution in [2.75, 3.05) is 7.05 Å². The topological polar surface area (TPSA) is 75.3 Å². The molecule has 1 fully saturated rings. The zero-order chi connectivity index (χ0) is 19.8. The first-order chi connectivity index (χ1) is 12.7. The smallest absolute Gasteiger partial charge is 0.251 e. The summed E-state index contributed by atoms with van der Waals surface area (Å²) < 4.78 is 26.9. The van der Waals surface area contributed by atoms with Crippen molar-refractivity contribution in [3.8, 4) is 0 Å². The largest absolute Gasteiger partial charge is 0.345 e. The Morgan fingerprint density at radius 3 is 2.33 bits per heavy atom. The molecule has 0 saturated heterocycles. The molecule has 0 aromatic heterocycles. The highest BCUT2D eigenvalue weighted by atomic mass is 35.5. The molecular weight excluding hydrogens is 384 g/mol. The van der Waals surface area contributed by atoms with Crippen LogP contribution >= 0.6 is 11.6 Å². The summed E-state index contributed by atoms with van der Waals surface area (Å²) >= 11 is 5.97. The summed E-state index contributed by atoms with van der Waals surface area (Å²) in [6.07, 6.45) is 2.11. The molecule has 5 nitrogen and oxygen atoms in total. The van der Waals surface area contributed by atoms with Crippen molar-refractivity contribution in [3.63, 3.8) is 0 Å². The van der Waals surface area contributed by atoms with Crippen LogP contribution in [0.2, 0.25) is 5.02 Å². The van der Waals surface area contributed by atoms with Crippen molar-refractivity contribution < 1.29 is 13.2 Å². The summed E-state index contributed by atoms with van der Waals surface area (Å²) in [7, 11) is -2.28. The molecule has 0 heterocycles. The van der Waals surface area contributed by atoms with Gasteiger partial charge in [-0.1, -0.05) is 23.7 Å². The zero-order valence-corrected chi connectivity index (χ0v) is 17.1. The molecular formula is C20H23ClN2O3S. The van der Waals surface area contributed by atoms with Gasteiger partial charge in [0.15, 0.2) is 0 Å². The van der Waals surface area contributed by atoms with Crippen LogP contribution in [-0.4, -0.2) is 21.4 Å². The second-order valence-electron chi connectivity index (χ2n) is 6.96. The van der Waals surface area contributed by atoms with Crippen LogP contribution in [0.25, 0.3) is 0 Å². The van der Waals surface area contributed by atoms with Crippen LogP contribution in [0.15, 0.2) is 41.3 Å². The number of sulfonamides is 1. The predicted octanol–water partition coefficient (Wildman–Crippen LogP) is 3.75. The Balaban J connectivity index is 1.92. The molecule has 7 heteroatoms. The second-order valence-corrected chi connectivity index (χ2v) is 9.26. The Morgan fingerprint density at radius 1 is 1.15 bits per heavy atom. The van der Waals surface area contributed by atoms with Crippen molar-refractivity contribution in [1.29, 1.82) is 0 Å². The van der Waals surface area contributed by atoms with E-state index >= 15 is 0 Å². The normalized spacial score (nSPS) is 15.4. The molecule has 1 amide bonds. The zero-order valence-electron chi connectivity index (χ0n) is 15.5. The Kier molecular flexibility index (Phi) is 5.60. The molecule has 27 heavy (non-hydrogen) atoms. The van der Waals surface area contributed by atoms with Crippen LogP contribution in [0.5, 0.6) is 0 Å². The lowest BCUT2D eigenvalue weighted by atomic mass is 10.0. The fourth-order valence-electron chi connectivity index (χ4n) is 3.14. The highest BCUT2D eigenvalue weighted by molar-refractivity contribution is 7.89. The highest BCUT2D eigenvalue weighted by Crippen LogP contribution is 2.41.